The van der Waals surface area contributed by atoms with E-state index in [4.69, 9.17) is 9.47 Å². The Hall–Kier alpha value is -3.30. The van der Waals surface area contributed by atoms with Crippen molar-refractivity contribution < 1.29 is 14.6 Å². The molecule has 9 heteroatoms. The van der Waals surface area contributed by atoms with Crippen LogP contribution in [0.2, 0.25) is 0 Å². The van der Waals surface area contributed by atoms with Gasteiger partial charge in [-0.05, 0) is 42.0 Å². The Labute approximate surface area is 203 Å². The third kappa shape index (κ3) is 4.17. The summed E-state index contributed by atoms with van der Waals surface area (Å²) in [6.45, 7) is 5.51. The van der Waals surface area contributed by atoms with Crippen LogP contribution in [0.15, 0.2) is 48.5 Å². The highest BCUT2D eigenvalue weighted by atomic mass is 32.1. The molecule has 8 nitrogen and oxygen atoms in total. The number of thiazole rings is 1. The number of piperazine rings is 1. The van der Waals surface area contributed by atoms with Crippen LogP contribution in [0.1, 0.15) is 29.2 Å². The van der Waals surface area contributed by atoms with Crippen LogP contribution < -0.4 is 14.4 Å². The van der Waals surface area contributed by atoms with Gasteiger partial charge in [0.2, 0.25) is 10.8 Å². The molecular formula is C25H29N5O3S. The summed E-state index contributed by atoms with van der Waals surface area (Å²) < 4.78 is 12.2. The van der Waals surface area contributed by atoms with Gasteiger partial charge in [0.25, 0.3) is 0 Å². The molecule has 0 spiro atoms. The molecule has 0 unspecified atom stereocenters. The van der Waals surface area contributed by atoms with E-state index < -0.39 is 0 Å². The Bertz CT molecular complexity index is 1240. The molecule has 4 aromatic rings. The van der Waals surface area contributed by atoms with Crippen LogP contribution in [0.3, 0.4) is 0 Å². The first kappa shape index (κ1) is 22.5. The molecular weight excluding hydrogens is 450 g/mol. The minimum absolute atomic E-state index is 0.0949. The summed E-state index contributed by atoms with van der Waals surface area (Å²) in [5.41, 5.74) is 2.30. The highest BCUT2D eigenvalue weighted by Crippen LogP contribution is 2.40. The highest BCUT2D eigenvalue weighted by molar-refractivity contribution is 7.17. The third-order valence-electron chi connectivity index (χ3n) is 6.36. The van der Waals surface area contributed by atoms with Crippen LogP contribution in [0.4, 0.5) is 5.69 Å². The maximum absolute atomic E-state index is 11.1. The van der Waals surface area contributed by atoms with Gasteiger partial charge in [0.15, 0.2) is 5.82 Å². The Balaban J connectivity index is 1.44. The number of fused-ring (bicyclic) bond motifs is 1. The molecule has 5 rings (SSSR count). The molecule has 0 amide bonds. The maximum atomic E-state index is 11.1. The maximum Gasteiger partial charge on any atom is 0.230 e. The first-order valence-electron chi connectivity index (χ1n) is 11.5. The van der Waals surface area contributed by atoms with E-state index in [9.17, 15) is 5.11 Å². The molecule has 1 aliphatic heterocycles. The van der Waals surface area contributed by atoms with Crippen LogP contribution in [0.25, 0.3) is 4.96 Å². The number of aromatic hydroxyl groups is 1. The Morgan fingerprint density at radius 2 is 1.56 bits per heavy atom. The second-order valence-corrected chi connectivity index (χ2v) is 9.27. The average molecular weight is 480 g/mol. The zero-order valence-corrected chi connectivity index (χ0v) is 20.5. The van der Waals surface area contributed by atoms with E-state index in [0.717, 1.165) is 65.3 Å². The van der Waals surface area contributed by atoms with Crippen molar-refractivity contribution >= 4 is 22.0 Å². The molecule has 0 radical (unpaired) electrons. The Morgan fingerprint density at radius 1 is 0.941 bits per heavy atom. The average Bonchev–Trinajstić information content (AvgIpc) is 3.44. The molecule has 0 aliphatic carbocycles. The van der Waals surface area contributed by atoms with Crippen LogP contribution >= 0.6 is 11.3 Å². The lowest BCUT2D eigenvalue weighted by molar-refractivity contribution is 0.211. The number of ether oxygens (including phenoxy) is 2. The van der Waals surface area contributed by atoms with Gasteiger partial charge < -0.3 is 19.5 Å². The van der Waals surface area contributed by atoms with Gasteiger partial charge in [-0.15, -0.1) is 5.10 Å². The summed E-state index contributed by atoms with van der Waals surface area (Å²) in [6.07, 6.45) is 0.735. The van der Waals surface area contributed by atoms with E-state index in [0.29, 0.717) is 0 Å². The number of methoxy groups -OCH3 is 2. The third-order valence-corrected chi connectivity index (χ3v) is 7.43. The number of aryl methyl sites for hydroxylation is 1. The molecule has 178 valence electrons. The number of nitrogens with zero attached hydrogens (tertiary/aromatic N) is 5. The number of benzene rings is 2. The minimum Gasteiger partial charge on any atom is -0.497 e. The van der Waals surface area contributed by atoms with Crippen molar-refractivity contribution in [3.05, 3.63) is 64.8 Å². The van der Waals surface area contributed by atoms with E-state index in [2.05, 4.69) is 44.1 Å². The SMILES string of the molecule is CCc1nc2sc([C@@H](c3ccc(OC)cc3)N3CCN(c4ccc(OC)cc4)CC3)c(O)n2n1. The molecule has 1 saturated heterocycles. The van der Waals surface area contributed by atoms with E-state index in [1.165, 1.54) is 17.0 Å². The molecule has 0 saturated carbocycles. The smallest absolute Gasteiger partial charge is 0.230 e. The van der Waals surface area contributed by atoms with Crippen molar-refractivity contribution in [1.82, 2.24) is 19.5 Å². The zero-order chi connectivity index (χ0) is 23.7. The van der Waals surface area contributed by atoms with Crippen LogP contribution in [-0.4, -0.2) is 65.0 Å². The van der Waals surface area contributed by atoms with Crippen molar-refractivity contribution in [3.8, 4) is 17.4 Å². The molecule has 2 aromatic carbocycles. The van der Waals surface area contributed by atoms with Gasteiger partial charge in [-0.3, -0.25) is 4.90 Å². The van der Waals surface area contributed by atoms with Gasteiger partial charge in [-0.25, -0.2) is 4.98 Å². The summed E-state index contributed by atoms with van der Waals surface area (Å²) in [5.74, 6) is 2.58. The van der Waals surface area contributed by atoms with Crippen molar-refractivity contribution in [1.29, 1.82) is 0 Å². The van der Waals surface area contributed by atoms with Gasteiger partial charge in [-0.2, -0.15) is 4.52 Å². The Kier molecular flexibility index (Phi) is 6.30. The summed E-state index contributed by atoms with van der Waals surface area (Å²) in [5, 5.41) is 15.6. The van der Waals surface area contributed by atoms with Gasteiger partial charge in [0.05, 0.1) is 25.1 Å². The molecule has 1 aliphatic rings. The monoisotopic (exact) mass is 479 g/mol. The molecule has 2 aromatic heterocycles. The summed E-state index contributed by atoms with van der Waals surface area (Å²) in [4.78, 5) is 11.0. The lowest BCUT2D eigenvalue weighted by Crippen LogP contribution is -2.47. The number of rotatable bonds is 7. The predicted octanol–water partition coefficient (Wildman–Crippen LogP) is 3.99. The Morgan fingerprint density at radius 3 is 2.12 bits per heavy atom. The molecule has 1 fully saturated rings. The van der Waals surface area contributed by atoms with E-state index >= 15 is 0 Å². The summed E-state index contributed by atoms with van der Waals surface area (Å²) >= 11 is 1.51. The van der Waals surface area contributed by atoms with E-state index in [1.807, 2.05) is 31.2 Å². The second-order valence-electron chi connectivity index (χ2n) is 8.26. The quantitative estimate of drug-likeness (QED) is 0.430. The van der Waals surface area contributed by atoms with Crippen molar-refractivity contribution in [3.63, 3.8) is 0 Å². The first-order chi connectivity index (χ1) is 16.6. The van der Waals surface area contributed by atoms with Gasteiger partial charge >= 0.3 is 0 Å². The van der Waals surface area contributed by atoms with Crippen LogP contribution in [-0.2, 0) is 6.42 Å². The molecule has 34 heavy (non-hydrogen) atoms. The standard InChI is InChI=1S/C25H29N5O3S/c1-4-21-26-25-30(27-21)24(31)23(34-25)22(17-5-9-19(32-2)10-6-17)29-15-13-28(14-16-29)18-7-11-20(33-3)12-8-18/h5-12,22,31H,4,13-16H2,1-3H3/t22-/m1/s1. The number of aromatic nitrogens is 3. The fraction of sp³-hybridized carbons (Fsp3) is 0.360. The van der Waals surface area contributed by atoms with Gasteiger partial charge in [-0.1, -0.05) is 30.4 Å². The van der Waals surface area contributed by atoms with Gasteiger partial charge in [0.1, 0.15) is 11.5 Å². The topological polar surface area (TPSA) is 75.4 Å². The van der Waals surface area contributed by atoms with Crippen molar-refractivity contribution in [2.75, 3.05) is 45.3 Å². The molecule has 0 bridgehead atoms. The van der Waals surface area contributed by atoms with Crippen LogP contribution in [0.5, 0.6) is 17.4 Å². The number of anilines is 1. The molecule has 3 heterocycles. The van der Waals surface area contributed by atoms with Crippen molar-refractivity contribution in [2.45, 2.75) is 19.4 Å². The van der Waals surface area contributed by atoms with Crippen LogP contribution in [0, 0.1) is 0 Å². The number of hydrogen-bond acceptors (Lipinski definition) is 8. The predicted molar refractivity (Wildman–Crippen MR) is 134 cm³/mol. The number of hydrogen-bond donors (Lipinski definition) is 1. The zero-order valence-electron chi connectivity index (χ0n) is 19.6. The van der Waals surface area contributed by atoms with Gasteiger partial charge in [0, 0.05) is 38.3 Å². The second kappa shape index (κ2) is 9.52. The largest absolute Gasteiger partial charge is 0.497 e. The normalized spacial score (nSPS) is 15.6. The molecule has 1 N–H and O–H groups in total. The summed E-state index contributed by atoms with van der Waals surface area (Å²) in [7, 11) is 3.35. The van der Waals surface area contributed by atoms with E-state index in [-0.39, 0.29) is 11.9 Å². The summed E-state index contributed by atoms with van der Waals surface area (Å²) in [6, 6.07) is 16.2. The fourth-order valence-corrected chi connectivity index (χ4v) is 5.60. The lowest BCUT2D eigenvalue weighted by Gasteiger charge is -2.40. The molecule has 1 atom stereocenters. The first-order valence-corrected chi connectivity index (χ1v) is 12.3. The highest BCUT2D eigenvalue weighted by Gasteiger charge is 2.32. The van der Waals surface area contributed by atoms with E-state index in [1.54, 1.807) is 18.7 Å². The lowest BCUT2D eigenvalue weighted by atomic mass is 10.0. The van der Waals surface area contributed by atoms with Crippen molar-refractivity contribution in [2.24, 2.45) is 0 Å². The minimum atomic E-state index is -0.0949. The fourth-order valence-electron chi connectivity index (χ4n) is 4.46.